The van der Waals surface area contributed by atoms with E-state index in [-0.39, 0.29) is 17.2 Å². The fourth-order valence-electron chi connectivity index (χ4n) is 6.05. The van der Waals surface area contributed by atoms with Gasteiger partial charge < -0.3 is 14.6 Å². The third kappa shape index (κ3) is 5.31. The van der Waals surface area contributed by atoms with Crippen molar-refractivity contribution in [2.24, 2.45) is 11.3 Å². The molecule has 1 saturated carbocycles. The molecular formula is C28H32F3N5O. The Bertz CT molecular complexity index is 1400. The predicted octanol–water partition coefficient (Wildman–Crippen LogP) is 8.07. The second-order valence-corrected chi connectivity index (χ2v) is 11.1. The number of aromatic amines is 1. The Morgan fingerprint density at radius 3 is 2.43 bits per heavy atom. The number of nitrogens with one attached hydrogen (secondary N) is 2. The molecule has 0 spiro atoms. The molecule has 0 saturated heterocycles. The molecule has 2 N–H and O–H groups in total. The van der Waals surface area contributed by atoms with Crippen LogP contribution in [-0.4, -0.2) is 26.1 Å². The molecule has 9 heteroatoms. The van der Waals surface area contributed by atoms with E-state index in [4.69, 9.17) is 4.98 Å². The smallest absolute Gasteiger partial charge is 0.406 e. The Morgan fingerprint density at radius 1 is 1.08 bits per heavy atom. The van der Waals surface area contributed by atoms with Crippen molar-refractivity contribution in [3.8, 4) is 16.9 Å². The molecular weight excluding hydrogens is 479 g/mol. The van der Waals surface area contributed by atoms with E-state index in [1.54, 1.807) is 12.1 Å². The lowest BCUT2D eigenvalue weighted by Gasteiger charge is -2.40. The maximum Gasteiger partial charge on any atom is 0.573 e. The number of fused-ring (bicyclic) bond motifs is 1. The number of imidazole rings is 1. The van der Waals surface area contributed by atoms with Crippen LogP contribution in [0.5, 0.6) is 5.75 Å². The van der Waals surface area contributed by atoms with Gasteiger partial charge in [0.15, 0.2) is 0 Å². The number of benzene rings is 2. The number of halogens is 3. The van der Waals surface area contributed by atoms with Gasteiger partial charge in [-0.2, -0.15) is 5.10 Å². The fraction of sp³-hybridized carbons (Fsp3) is 0.429. The van der Waals surface area contributed by atoms with E-state index in [9.17, 15) is 13.2 Å². The van der Waals surface area contributed by atoms with Crippen LogP contribution in [0.2, 0.25) is 0 Å². The van der Waals surface area contributed by atoms with Crippen LogP contribution in [0.1, 0.15) is 57.5 Å². The van der Waals surface area contributed by atoms with Crippen LogP contribution in [0, 0.1) is 25.2 Å². The standard InChI is InChI=1S/C28H32F3N5O/c1-16-12-21(15-27(4,5)14-16)36-24-11-6-19(25-17(2)34-35-18(25)3)13-23(24)33-26(36)32-20-7-9-22(10-8-20)37-28(29,30)31/h6-11,13,16,21H,12,14-15H2,1-5H3,(H,32,33)(H,34,35). The van der Waals surface area contributed by atoms with Crippen LogP contribution < -0.4 is 10.1 Å². The van der Waals surface area contributed by atoms with Gasteiger partial charge in [0, 0.05) is 23.0 Å². The van der Waals surface area contributed by atoms with Crippen LogP contribution in [0.25, 0.3) is 22.2 Å². The van der Waals surface area contributed by atoms with Gasteiger partial charge >= 0.3 is 6.36 Å². The molecule has 4 aromatic rings. The summed E-state index contributed by atoms with van der Waals surface area (Å²) in [5.74, 6) is 0.977. The average Bonchev–Trinajstić information content (AvgIpc) is 3.30. The first kappa shape index (κ1) is 25.2. The minimum absolute atomic E-state index is 0.192. The molecule has 5 rings (SSSR count). The summed E-state index contributed by atoms with van der Waals surface area (Å²) in [6, 6.07) is 12.3. The normalized spacial score (nSPS) is 19.8. The van der Waals surface area contributed by atoms with Crippen molar-refractivity contribution in [3.05, 3.63) is 53.9 Å². The van der Waals surface area contributed by atoms with E-state index in [0.717, 1.165) is 46.4 Å². The number of alkyl halides is 3. The Labute approximate surface area is 214 Å². The van der Waals surface area contributed by atoms with Crippen molar-refractivity contribution < 1.29 is 17.9 Å². The molecule has 0 aliphatic heterocycles. The van der Waals surface area contributed by atoms with Crippen LogP contribution >= 0.6 is 0 Å². The molecule has 0 radical (unpaired) electrons. The van der Waals surface area contributed by atoms with Gasteiger partial charge in [0.1, 0.15) is 5.75 Å². The van der Waals surface area contributed by atoms with E-state index in [1.165, 1.54) is 18.6 Å². The maximum atomic E-state index is 12.6. The zero-order chi connectivity index (χ0) is 26.5. The van der Waals surface area contributed by atoms with Crippen LogP contribution in [0.4, 0.5) is 24.8 Å². The largest absolute Gasteiger partial charge is 0.573 e. The lowest BCUT2D eigenvalue weighted by atomic mass is 9.70. The van der Waals surface area contributed by atoms with Gasteiger partial charge in [-0.25, -0.2) is 4.98 Å². The van der Waals surface area contributed by atoms with E-state index >= 15 is 0 Å². The highest BCUT2D eigenvalue weighted by molar-refractivity contribution is 5.86. The average molecular weight is 512 g/mol. The molecule has 1 aliphatic rings. The molecule has 6 nitrogen and oxygen atoms in total. The fourth-order valence-corrected chi connectivity index (χ4v) is 6.05. The molecule has 1 aliphatic carbocycles. The topological polar surface area (TPSA) is 67.8 Å². The number of nitrogens with zero attached hydrogens (tertiary/aromatic N) is 3. The van der Waals surface area contributed by atoms with Crippen molar-refractivity contribution in [1.29, 1.82) is 0 Å². The highest BCUT2D eigenvalue weighted by Crippen LogP contribution is 2.46. The molecule has 2 unspecified atom stereocenters. The Morgan fingerprint density at radius 2 is 1.81 bits per heavy atom. The van der Waals surface area contributed by atoms with Crippen molar-refractivity contribution in [2.75, 3.05) is 5.32 Å². The van der Waals surface area contributed by atoms with E-state index in [0.29, 0.717) is 17.6 Å². The van der Waals surface area contributed by atoms with Crippen LogP contribution in [0.3, 0.4) is 0 Å². The maximum absolute atomic E-state index is 12.6. The number of hydrogen-bond donors (Lipinski definition) is 2. The first-order valence-electron chi connectivity index (χ1n) is 12.6. The molecule has 2 heterocycles. The first-order valence-corrected chi connectivity index (χ1v) is 12.6. The predicted molar refractivity (Wildman–Crippen MR) is 139 cm³/mol. The number of hydrogen-bond acceptors (Lipinski definition) is 4. The van der Waals surface area contributed by atoms with Crippen molar-refractivity contribution >= 4 is 22.7 Å². The number of anilines is 2. The number of aryl methyl sites for hydroxylation is 2. The van der Waals surface area contributed by atoms with Crippen molar-refractivity contribution in [3.63, 3.8) is 0 Å². The summed E-state index contributed by atoms with van der Waals surface area (Å²) in [4.78, 5) is 4.98. The summed E-state index contributed by atoms with van der Waals surface area (Å²) in [6.45, 7) is 10.9. The van der Waals surface area contributed by atoms with Gasteiger partial charge in [-0.15, -0.1) is 13.2 Å². The Kier molecular flexibility index (Phi) is 6.20. The molecule has 2 atom stereocenters. The lowest BCUT2D eigenvalue weighted by molar-refractivity contribution is -0.274. The number of ether oxygens (including phenoxy) is 1. The second kappa shape index (κ2) is 9.11. The quantitative estimate of drug-likeness (QED) is 0.284. The monoisotopic (exact) mass is 511 g/mol. The van der Waals surface area contributed by atoms with E-state index in [1.807, 2.05) is 13.8 Å². The van der Waals surface area contributed by atoms with Gasteiger partial charge in [-0.3, -0.25) is 5.10 Å². The van der Waals surface area contributed by atoms with Gasteiger partial charge in [-0.1, -0.05) is 26.8 Å². The summed E-state index contributed by atoms with van der Waals surface area (Å²) in [5.41, 5.74) is 6.74. The summed E-state index contributed by atoms with van der Waals surface area (Å²) < 4.78 is 44.1. The highest BCUT2D eigenvalue weighted by Gasteiger charge is 2.35. The zero-order valence-corrected chi connectivity index (χ0v) is 21.7. The molecule has 37 heavy (non-hydrogen) atoms. The summed E-state index contributed by atoms with van der Waals surface area (Å²) in [5, 5.41) is 10.7. The second-order valence-electron chi connectivity index (χ2n) is 11.1. The van der Waals surface area contributed by atoms with Gasteiger partial charge in [-0.05, 0) is 86.4 Å². The third-order valence-corrected chi connectivity index (χ3v) is 7.18. The van der Waals surface area contributed by atoms with Gasteiger partial charge in [0.2, 0.25) is 5.95 Å². The minimum atomic E-state index is -4.73. The van der Waals surface area contributed by atoms with Crippen molar-refractivity contribution in [1.82, 2.24) is 19.7 Å². The SMILES string of the molecule is Cc1n[nH]c(C)c1-c1ccc2c(c1)nc(Nc1ccc(OC(F)(F)F)cc1)n2C1CC(C)CC(C)(C)C1. The molecule has 1 fully saturated rings. The number of H-pyrrole nitrogens is 1. The minimum Gasteiger partial charge on any atom is -0.406 e. The first-order chi connectivity index (χ1) is 17.4. The van der Waals surface area contributed by atoms with Gasteiger partial charge in [0.25, 0.3) is 0 Å². The molecule has 0 amide bonds. The summed E-state index contributed by atoms with van der Waals surface area (Å²) >= 11 is 0. The van der Waals surface area contributed by atoms with Crippen molar-refractivity contribution in [2.45, 2.75) is 66.3 Å². The van der Waals surface area contributed by atoms with Gasteiger partial charge in [0.05, 0.1) is 16.7 Å². The molecule has 0 bridgehead atoms. The highest BCUT2D eigenvalue weighted by atomic mass is 19.4. The number of aromatic nitrogens is 4. The Hall–Kier alpha value is -3.49. The molecule has 2 aromatic heterocycles. The summed E-state index contributed by atoms with van der Waals surface area (Å²) in [7, 11) is 0. The van der Waals surface area contributed by atoms with Crippen LogP contribution in [0.15, 0.2) is 42.5 Å². The van der Waals surface area contributed by atoms with E-state index < -0.39 is 6.36 Å². The molecule has 2 aromatic carbocycles. The lowest BCUT2D eigenvalue weighted by Crippen LogP contribution is -2.29. The van der Waals surface area contributed by atoms with E-state index in [2.05, 4.69) is 63.8 Å². The van der Waals surface area contributed by atoms with Crippen LogP contribution in [-0.2, 0) is 0 Å². The zero-order valence-electron chi connectivity index (χ0n) is 21.7. The third-order valence-electron chi connectivity index (χ3n) is 7.18. The summed E-state index contributed by atoms with van der Waals surface area (Å²) in [6.07, 6.45) is -1.51. The number of rotatable bonds is 5. The Balaban J connectivity index is 1.56. The molecule has 196 valence electrons.